The van der Waals surface area contributed by atoms with E-state index in [1.807, 2.05) is 36.4 Å². The molecule has 92 valence electrons. The smallest absolute Gasteiger partial charge is 0.778 e. The molecule has 0 aromatic heterocycles. The van der Waals surface area contributed by atoms with Gasteiger partial charge in [0.1, 0.15) is 0 Å². The summed E-state index contributed by atoms with van der Waals surface area (Å²) in [7, 11) is 0. The van der Waals surface area contributed by atoms with Gasteiger partial charge in [-0.3, -0.25) is 0 Å². The second-order valence-corrected chi connectivity index (χ2v) is 3.96. The van der Waals surface area contributed by atoms with Crippen molar-refractivity contribution in [2.75, 3.05) is 11.5 Å². The van der Waals surface area contributed by atoms with Crippen LogP contribution in [0, 0.1) is 0 Å². The number of hydrogen-bond acceptors (Lipinski definition) is 4. The zero-order valence-corrected chi connectivity index (χ0v) is 11.5. The van der Waals surface area contributed by atoms with Crippen molar-refractivity contribution in [2.45, 2.75) is 9.79 Å². The van der Waals surface area contributed by atoms with Crippen molar-refractivity contribution in [3.63, 3.8) is 0 Å². The van der Waals surface area contributed by atoms with E-state index in [0.29, 0.717) is 11.4 Å². The van der Waals surface area contributed by atoms with E-state index in [9.17, 15) is 0 Å². The van der Waals surface area contributed by atoms with Crippen molar-refractivity contribution < 1.29 is 16.5 Å². The Kier molecular flexibility index (Phi) is 7.63. The van der Waals surface area contributed by atoms with Crippen molar-refractivity contribution in [2.24, 2.45) is 0 Å². The van der Waals surface area contributed by atoms with Crippen molar-refractivity contribution >= 4 is 36.6 Å². The third-order valence-corrected chi connectivity index (χ3v) is 2.58. The molecule has 0 aliphatic rings. The number of nitrogen functional groups attached to an aromatic ring is 2. The molecule has 0 bridgehead atoms. The Bertz CT molecular complexity index is 378. The third-order valence-electron chi connectivity index (χ3n) is 1.84. The average molecular weight is 307 g/mol. The van der Waals surface area contributed by atoms with Gasteiger partial charge in [-0.1, -0.05) is 36.4 Å². The zero-order chi connectivity index (χ0) is 12.0. The maximum atomic E-state index is 5.42. The molecule has 2 aromatic carbocycles. The van der Waals surface area contributed by atoms with Gasteiger partial charge in [0, 0.05) is 11.4 Å². The number of rotatable bonds is 0. The van der Waals surface area contributed by atoms with E-state index >= 15 is 0 Å². The molecule has 5 heteroatoms. The Morgan fingerprint density at radius 1 is 0.647 bits per heavy atom. The number of para-hydroxylation sites is 2. The first kappa shape index (κ1) is 16.0. The topological polar surface area (TPSA) is 52.0 Å². The summed E-state index contributed by atoms with van der Waals surface area (Å²) in [4.78, 5) is 1.46. The van der Waals surface area contributed by atoms with Crippen LogP contribution in [0.1, 0.15) is 0 Å². The van der Waals surface area contributed by atoms with E-state index in [4.69, 9.17) is 36.7 Å². The maximum absolute atomic E-state index is 5.42. The predicted octanol–water partition coefficient (Wildman–Crippen LogP) is 2.35. The summed E-state index contributed by atoms with van der Waals surface area (Å²) in [5, 5.41) is 0. The number of nitrogens with two attached hydrogens (primary N) is 2. The summed E-state index contributed by atoms with van der Waals surface area (Å²) < 4.78 is 0. The van der Waals surface area contributed by atoms with Crippen molar-refractivity contribution in [3.05, 3.63) is 48.5 Å². The quantitative estimate of drug-likeness (QED) is 0.446. The number of hydrogen-bond donors (Lipinski definition) is 2. The largest absolute Gasteiger partial charge is 2.00 e. The summed E-state index contributed by atoms with van der Waals surface area (Å²) in [6.45, 7) is 0. The molecular formula is C12H12N2NiS2. The molecule has 17 heavy (non-hydrogen) atoms. The predicted molar refractivity (Wildman–Crippen MR) is 73.0 cm³/mol. The summed E-state index contributed by atoms with van der Waals surface area (Å²) in [5.41, 5.74) is 12.2. The van der Waals surface area contributed by atoms with Crippen LogP contribution < -0.4 is 11.5 Å². The van der Waals surface area contributed by atoms with E-state index in [-0.39, 0.29) is 16.5 Å². The van der Waals surface area contributed by atoms with Crippen molar-refractivity contribution in [3.8, 4) is 0 Å². The Morgan fingerprint density at radius 3 is 1.12 bits per heavy atom. The van der Waals surface area contributed by atoms with Crippen LogP contribution in [-0.4, -0.2) is 0 Å². The molecule has 0 heterocycles. The van der Waals surface area contributed by atoms with Crippen LogP contribution >= 0.6 is 0 Å². The van der Waals surface area contributed by atoms with E-state index in [0.717, 1.165) is 9.79 Å². The van der Waals surface area contributed by atoms with Gasteiger partial charge >= 0.3 is 16.5 Å². The van der Waals surface area contributed by atoms with E-state index in [2.05, 4.69) is 0 Å². The summed E-state index contributed by atoms with van der Waals surface area (Å²) in [6.07, 6.45) is 0. The first-order valence-corrected chi connectivity index (χ1v) is 5.46. The van der Waals surface area contributed by atoms with E-state index in [1.54, 1.807) is 12.1 Å². The van der Waals surface area contributed by atoms with Crippen LogP contribution in [0.5, 0.6) is 0 Å². The molecule has 2 nitrogen and oxygen atoms in total. The van der Waals surface area contributed by atoms with E-state index in [1.165, 1.54) is 0 Å². The van der Waals surface area contributed by atoms with Crippen LogP contribution in [-0.2, 0) is 41.7 Å². The molecule has 2 rings (SSSR count). The molecule has 0 spiro atoms. The van der Waals surface area contributed by atoms with Crippen molar-refractivity contribution in [1.29, 1.82) is 0 Å². The first-order chi connectivity index (χ1) is 7.61. The first-order valence-electron chi connectivity index (χ1n) is 4.64. The van der Waals surface area contributed by atoms with Gasteiger partial charge in [-0.15, -0.1) is 0 Å². The molecule has 2 aromatic rings. The summed E-state index contributed by atoms with van der Waals surface area (Å²) >= 11 is 9.66. The fourth-order valence-corrected chi connectivity index (χ4v) is 1.25. The van der Waals surface area contributed by atoms with Gasteiger partial charge in [-0.25, -0.2) is 0 Å². The van der Waals surface area contributed by atoms with Gasteiger partial charge < -0.3 is 36.7 Å². The fourth-order valence-electron chi connectivity index (χ4n) is 0.961. The molecule has 0 radical (unpaired) electrons. The van der Waals surface area contributed by atoms with Gasteiger partial charge in [0.2, 0.25) is 0 Å². The molecule has 0 atom stereocenters. The average Bonchev–Trinajstić information content (AvgIpc) is 2.28. The molecule has 0 amide bonds. The summed E-state index contributed by atoms with van der Waals surface area (Å²) in [6, 6.07) is 14.7. The van der Waals surface area contributed by atoms with Gasteiger partial charge in [-0.2, -0.15) is 9.79 Å². The van der Waals surface area contributed by atoms with Crippen molar-refractivity contribution in [1.82, 2.24) is 0 Å². The Labute approximate surface area is 123 Å². The fraction of sp³-hybridized carbons (Fsp3) is 0. The Hall–Kier alpha value is -1.03. The molecule has 0 saturated carbocycles. The van der Waals surface area contributed by atoms with Crippen LogP contribution in [0.15, 0.2) is 58.3 Å². The third kappa shape index (κ3) is 5.73. The van der Waals surface area contributed by atoms with Crippen LogP contribution in [0.25, 0.3) is 0 Å². The Balaban J connectivity index is 0.000000284. The minimum absolute atomic E-state index is 0. The molecule has 4 N–H and O–H groups in total. The number of anilines is 2. The van der Waals surface area contributed by atoms with Crippen LogP contribution in [0.3, 0.4) is 0 Å². The normalized spacial score (nSPS) is 8.47. The second kappa shape index (κ2) is 8.12. The van der Waals surface area contributed by atoms with Gasteiger partial charge in [0.25, 0.3) is 0 Å². The summed E-state index contributed by atoms with van der Waals surface area (Å²) in [5.74, 6) is 0. The monoisotopic (exact) mass is 306 g/mol. The standard InChI is InChI=1S/2C6H7NS.Ni/c2*7-5-3-1-2-4-6(5)8;/h2*1-4,8H,7H2;/q;;+2/p-2. The minimum Gasteiger partial charge on any atom is -0.778 e. The zero-order valence-electron chi connectivity index (χ0n) is 8.91. The molecule has 0 unspecified atom stereocenters. The minimum atomic E-state index is 0. The Morgan fingerprint density at radius 2 is 0.941 bits per heavy atom. The second-order valence-electron chi connectivity index (χ2n) is 3.08. The van der Waals surface area contributed by atoms with Gasteiger partial charge in [-0.05, 0) is 12.1 Å². The van der Waals surface area contributed by atoms with Crippen LogP contribution in [0.4, 0.5) is 11.4 Å². The van der Waals surface area contributed by atoms with Crippen LogP contribution in [0.2, 0.25) is 0 Å². The molecule has 0 aliphatic carbocycles. The number of benzene rings is 2. The van der Waals surface area contributed by atoms with E-state index < -0.39 is 0 Å². The molecular weight excluding hydrogens is 295 g/mol. The molecule has 0 saturated heterocycles. The van der Waals surface area contributed by atoms with Gasteiger partial charge in [0.05, 0.1) is 0 Å². The SMILES string of the molecule is Nc1ccccc1[S-].Nc1ccccc1[S-].[Ni+2]. The van der Waals surface area contributed by atoms with Gasteiger partial charge in [0.15, 0.2) is 0 Å². The maximum Gasteiger partial charge on any atom is 2.00 e. The molecule has 0 aliphatic heterocycles. The molecule has 0 fully saturated rings.